The van der Waals surface area contributed by atoms with E-state index in [2.05, 4.69) is 42.5 Å². The first kappa shape index (κ1) is 43.1. The van der Waals surface area contributed by atoms with E-state index >= 15 is 0 Å². The molecule has 4 bridgehead atoms. The highest BCUT2D eigenvalue weighted by atomic mass is 16.3. The summed E-state index contributed by atoms with van der Waals surface area (Å²) in [4.78, 5) is 56.4. The monoisotopic (exact) mass is 741 g/mol. The van der Waals surface area contributed by atoms with Crippen molar-refractivity contribution in [1.82, 2.24) is 47.4 Å². The number of nitrogens with zero attached hydrogens (tertiary/aromatic N) is 1. The maximum atomic E-state index is 14.3. The molecule has 0 saturated heterocycles. The van der Waals surface area contributed by atoms with Gasteiger partial charge in [0.1, 0.15) is 29.6 Å². The maximum Gasteiger partial charge on any atom is 0.245 e. The Morgan fingerprint density at radius 1 is 0.868 bits per heavy atom. The molecule has 1 heterocycles. The summed E-state index contributed by atoms with van der Waals surface area (Å²) in [5.74, 6) is -2.20. The Hall–Kier alpha value is -4.32. The molecule has 2 aromatic carbocycles. The van der Waals surface area contributed by atoms with Crippen molar-refractivity contribution in [2.45, 2.75) is 68.4 Å². The number of likely N-dealkylation sites (N-methyl/N-ethyl adjacent to an activating group) is 5. The van der Waals surface area contributed by atoms with Crippen molar-refractivity contribution in [3.8, 4) is 22.6 Å². The van der Waals surface area contributed by atoms with E-state index in [1.807, 2.05) is 14.1 Å². The highest BCUT2D eigenvalue weighted by Crippen LogP contribution is 2.31. The summed E-state index contributed by atoms with van der Waals surface area (Å²) in [5, 5.41) is 56.0. The van der Waals surface area contributed by atoms with Crippen molar-refractivity contribution < 1.29 is 34.5 Å². The molecule has 4 amide bonds. The van der Waals surface area contributed by atoms with Gasteiger partial charge in [-0.25, -0.2) is 0 Å². The minimum atomic E-state index is -1.24. The summed E-state index contributed by atoms with van der Waals surface area (Å²) >= 11 is 0. The molecule has 0 fully saturated rings. The van der Waals surface area contributed by atoms with Crippen molar-refractivity contribution in [2.75, 3.05) is 68.5 Å². The van der Waals surface area contributed by atoms with Gasteiger partial charge in [0.2, 0.25) is 23.6 Å². The minimum absolute atomic E-state index is 0.0152. The molecule has 1 aliphatic heterocycles. The first-order valence-electron chi connectivity index (χ1n) is 18.1. The number of benzene rings is 2. The number of carbonyl (C=O) groups is 4. The molecule has 6 atom stereocenters. The third-order valence-electron chi connectivity index (χ3n) is 9.73. The lowest BCUT2D eigenvalue weighted by Crippen LogP contribution is -2.59. The van der Waals surface area contributed by atoms with Crippen LogP contribution >= 0.6 is 0 Å². The summed E-state index contributed by atoms with van der Waals surface area (Å²) < 4.78 is 0. The van der Waals surface area contributed by atoms with Crippen molar-refractivity contribution in [3.63, 3.8) is 0 Å². The maximum absolute atomic E-state index is 14.3. The van der Waals surface area contributed by atoms with Crippen molar-refractivity contribution in [3.05, 3.63) is 47.5 Å². The van der Waals surface area contributed by atoms with E-state index in [1.165, 1.54) is 24.1 Å². The number of aliphatic hydroxyl groups is 1. The largest absolute Gasteiger partial charge is 0.508 e. The van der Waals surface area contributed by atoms with Gasteiger partial charge in [0.15, 0.2) is 0 Å². The average Bonchev–Trinajstić information content (AvgIpc) is 3.14. The molecule has 16 nitrogen and oxygen atoms in total. The van der Waals surface area contributed by atoms with Crippen molar-refractivity contribution >= 4 is 23.6 Å². The van der Waals surface area contributed by atoms with Crippen LogP contribution in [0.4, 0.5) is 0 Å². The lowest BCUT2D eigenvalue weighted by atomic mass is 9.95. The Kier molecular flexibility index (Phi) is 17.4. The number of nitrogens with one attached hydrogen (secondary N) is 8. The van der Waals surface area contributed by atoms with Crippen LogP contribution in [0, 0.1) is 0 Å². The summed E-state index contributed by atoms with van der Waals surface area (Å²) in [6.45, 7) is 1.29. The standard InChI is InChI=1S/C37H59N9O7/c1-38-13-7-8-26(40-3)19-43-34(50)30(42-5)21-44-36(52)31-17-25-15-23(10-12-33(25)49)22-9-11-32(48)24(14-22)16-28(41-4)35(51)45-29(37(53)46(31)6)18-27(47)20-39-2/h9-12,14-15,26-31,38-42,47-49H,7-8,13,16-21H2,1-6H3,(H,43,50)(H,44,52)(H,45,51)/t26-,27+,28-,29-,30-,31-/m0/s1. The quantitative estimate of drug-likeness (QED) is 0.0803. The Morgan fingerprint density at radius 2 is 1.51 bits per heavy atom. The summed E-state index contributed by atoms with van der Waals surface area (Å²) in [7, 11) is 10.0. The lowest BCUT2D eigenvalue weighted by Gasteiger charge is -2.33. The number of aromatic hydroxyl groups is 2. The van der Waals surface area contributed by atoms with E-state index < -0.39 is 48.0 Å². The van der Waals surface area contributed by atoms with Crippen molar-refractivity contribution in [2.24, 2.45) is 0 Å². The third-order valence-corrected chi connectivity index (χ3v) is 9.73. The average molecular weight is 742 g/mol. The van der Waals surface area contributed by atoms with E-state index in [-0.39, 0.29) is 55.8 Å². The van der Waals surface area contributed by atoms with Crippen LogP contribution < -0.4 is 42.5 Å². The smallest absolute Gasteiger partial charge is 0.245 e. The second-order valence-electron chi connectivity index (χ2n) is 13.5. The fourth-order valence-corrected chi connectivity index (χ4v) is 6.37. The predicted octanol–water partition coefficient (Wildman–Crippen LogP) is -1.86. The number of hydrogen-bond acceptors (Lipinski definition) is 12. The summed E-state index contributed by atoms with van der Waals surface area (Å²) in [6, 6.07) is 5.88. The Morgan fingerprint density at radius 3 is 2.08 bits per heavy atom. The molecule has 11 N–H and O–H groups in total. The summed E-state index contributed by atoms with van der Waals surface area (Å²) in [5.41, 5.74) is 2.23. The molecular formula is C37H59N9O7. The fourth-order valence-electron chi connectivity index (χ4n) is 6.37. The lowest BCUT2D eigenvalue weighted by molar-refractivity contribution is -0.142. The van der Waals surface area contributed by atoms with E-state index in [0.29, 0.717) is 28.8 Å². The van der Waals surface area contributed by atoms with Gasteiger partial charge < -0.3 is 62.8 Å². The van der Waals surface area contributed by atoms with Crippen LogP contribution in [0.5, 0.6) is 11.5 Å². The van der Waals surface area contributed by atoms with Crippen LogP contribution in [0.3, 0.4) is 0 Å². The highest BCUT2D eigenvalue weighted by molar-refractivity contribution is 5.93. The Labute approximate surface area is 312 Å². The zero-order valence-corrected chi connectivity index (χ0v) is 31.7. The van der Waals surface area contributed by atoms with E-state index in [1.54, 1.807) is 45.4 Å². The number of amides is 4. The molecule has 0 spiro atoms. The van der Waals surface area contributed by atoms with E-state index in [9.17, 15) is 34.5 Å². The number of aliphatic hydroxyl groups excluding tert-OH is 1. The number of phenolic OH excluding ortho intramolecular Hbond substituents is 2. The molecule has 3 rings (SSSR count). The zero-order valence-electron chi connectivity index (χ0n) is 31.7. The van der Waals surface area contributed by atoms with Gasteiger partial charge >= 0.3 is 0 Å². The molecule has 0 aliphatic carbocycles. The van der Waals surface area contributed by atoms with Crippen LogP contribution in [-0.4, -0.2) is 149 Å². The number of carbonyl (C=O) groups excluding carboxylic acids is 4. The fraction of sp³-hybridized carbons (Fsp3) is 0.568. The van der Waals surface area contributed by atoms with Gasteiger partial charge in [-0.15, -0.1) is 0 Å². The summed E-state index contributed by atoms with van der Waals surface area (Å²) in [6.07, 6.45) is 0.565. The topological polar surface area (TPSA) is 228 Å². The van der Waals surface area contributed by atoms with Crippen LogP contribution in [0.15, 0.2) is 36.4 Å². The van der Waals surface area contributed by atoms with Gasteiger partial charge in [0.05, 0.1) is 12.1 Å². The number of rotatable bonds is 17. The van der Waals surface area contributed by atoms with Crippen LogP contribution in [0.25, 0.3) is 11.1 Å². The predicted molar refractivity (Wildman–Crippen MR) is 203 cm³/mol. The van der Waals surface area contributed by atoms with Gasteiger partial charge in [-0.3, -0.25) is 19.2 Å². The molecule has 0 aromatic heterocycles. The van der Waals surface area contributed by atoms with Gasteiger partial charge in [-0.1, -0.05) is 12.1 Å². The molecule has 53 heavy (non-hydrogen) atoms. The van der Waals surface area contributed by atoms with Crippen LogP contribution in [0.2, 0.25) is 0 Å². The third kappa shape index (κ3) is 12.4. The SMILES string of the molecule is CNCCC[C@@H](CNC(=O)[C@H](CNC(=O)[C@@H]1Cc2cc(ccc2O)-c2ccc(O)c(c2)C[C@H](NC)C(=O)N[C@@H](C[C@@H](O)CNC)C(=O)N1C)NC)NC. The van der Waals surface area contributed by atoms with Crippen LogP contribution in [-0.2, 0) is 32.0 Å². The molecule has 0 saturated carbocycles. The number of phenols is 2. The highest BCUT2D eigenvalue weighted by Gasteiger charge is 2.35. The normalized spacial score (nSPS) is 19.7. The molecule has 1 aliphatic rings. The van der Waals surface area contributed by atoms with Gasteiger partial charge in [-0.2, -0.15) is 0 Å². The zero-order chi connectivity index (χ0) is 39.1. The Balaban J connectivity index is 1.98. The van der Waals surface area contributed by atoms with Gasteiger partial charge in [0.25, 0.3) is 0 Å². The molecule has 0 radical (unpaired) electrons. The first-order chi connectivity index (χ1) is 25.4. The Bertz CT molecular complexity index is 1530. The van der Waals surface area contributed by atoms with E-state index in [0.717, 1.165) is 19.4 Å². The molecule has 2 aromatic rings. The van der Waals surface area contributed by atoms with E-state index in [4.69, 9.17) is 0 Å². The first-order valence-corrected chi connectivity index (χ1v) is 18.1. The van der Waals surface area contributed by atoms with Gasteiger partial charge in [-0.05, 0) is 101 Å². The molecule has 16 heteroatoms. The molecule has 0 unspecified atom stereocenters. The number of hydrogen-bond donors (Lipinski definition) is 11. The second-order valence-corrected chi connectivity index (χ2v) is 13.5. The minimum Gasteiger partial charge on any atom is -0.508 e. The molecular weight excluding hydrogens is 682 g/mol. The van der Waals surface area contributed by atoms with Gasteiger partial charge in [0, 0.05) is 52.0 Å². The second kappa shape index (κ2) is 21.4. The molecule has 294 valence electrons. The number of fused-ring (bicyclic) bond motifs is 5. The van der Waals surface area contributed by atoms with Crippen LogP contribution in [0.1, 0.15) is 30.4 Å². The van der Waals surface area contributed by atoms with Crippen molar-refractivity contribution in [1.29, 1.82) is 0 Å².